The van der Waals surface area contributed by atoms with Gasteiger partial charge in [0.1, 0.15) is 23.9 Å². The van der Waals surface area contributed by atoms with Gasteiger partial charge in [0.05, 0.1) is 34.9 Å². The molecule has 2 aromatic heterocycles. The molecule has 1 aliphatic rings. The molecule has 18 heteroatoms. The van der Waals surface area contributed by atoms with Crippen molar-refractivity contribution in [2.24, 2.45) is 5.92 Å². The van der Waals surface area contributed by atoms with E-state index < -0.39 is 27.9 Å². The Labute approximate surface area is 324 Å². The average molecular weight is 806 g/mol. The van der Waals surface area contributed by atoms with Crippen LogP contribution in [0, 0.1) is 17.2 Å². The lowest BCUT2D eigenvalue weighted by Gasteiger charge is -2.31. The first-order valence-electron chi connectivity index (χ1n) is 17.2. The fourth-order valence-corrected chi connectivity index (χ4v) is 7.76. The summed E-state index contributed by atoms with van der Waals surface area (Å²) < 4.78 is 84.4. The lowest BCUT2D eigenvalue weighted by atomic mass is 9.94. The number of likely N-dealkylation sites (tertiary alicyclic amines) is 1. The van der Waals surface area contributed by atoms with E-state index in [9.17, 15) is 36.4 Å². The van der Waals surface area contributed by atoms with Crippen LogP contribution in [0.15, 0.2) is 90.2 Å². The number of nitrogens with zero attached hydrogens (tertiary/aromatic N) is 5. The topological polar surface area (TPSA) is 176 Å². The van der Waals surface area contributed by atoms with Gasteiger partial charge in [0.2, 0.25) is 11.0 Å². The van der Waals surface area contributed by atoms with Crippen molar-refractivity contribution < 1.29 is 40.7 Å². The SMILES string of the molecule is CC(=O)N1CCC(CCOC(=O)NCc2cc(-c3cc(-c4cccc(C(F)(F)F)c4)ccc3Oc3ccc(S(=O)(=O)Nc4ncns4)cc3C#N)ccn2)CC1. The number of benzene rings is 3. The van der Waals surface area contributed by atoms with Gasteiger partial charge in [-0.05, 0) is 96.5 Å². The summed E-state index contributed by atoms with van der Waals surface area (Å²) in [7, 11) is -4.13. The second-order valence-corrected chi connectivity index (χ2v) is 15.2. The van der Waals surface area contributed by atoms with Crippen LogP contribution >= 0.6 is 11.5 Å². The molecule has 3 aromatic carbocycles. The maximum atomic E-state index is 13.6. The fraction of sp³-hybridized carbons (Fsp3) is 0.263. The van der Waals surface area contributed by atoms with Crippen LogP contribution < -0.4 is 14.8 Å². The molecule has 5 aromatic rings. The van der Waals surface area contributed by atoms with Gasteiger partial charge in [0, 0.05) is 43.3 Å². The number of carbonyl (C=O) groups is 2. The third-order valence-corrected chi connectivity index (χ3v) is 11.1. The number of carbonyl (C=O) groups excluding carboxylic acids is 2. The quantitative estimate of drug-likeness (QED) is 0.128. The number of aromatic nitrogens is 3. The molecule has 290 valence electrons. The lowest BCUT2D eigenvalue weighted by molar-refractivity contribution is -0.137. The van der Waals surface area contributed by atoms with Crippen molar-refractivity contribution in [3.05, 3.63) is 102 Å². The zero-order valence-electron chi connectivity index (χ0n) is 29.7. The largest absolute Gasteiger partial charge is 0.455 e. The third-order valence-electron chi connectivity index (χ3n) is 9.05. The van der Waals surface area contributed by atoms with Gasteiger partial charge in [-0.15, -0.1) is 0 Å². The predicted octanol–water partition coefficient (Wildman–Crippen LogP) is 7.63. The number of ether oxygens (including phenoxy) is 2. The minimum atomic E-state index is -4.57. The van der Waals surface area contributed by atoms with Gasteiger partial charge in [0.15, 0.2) is 0 Å². The molecule has 3 heterocycles. The highest BCUT2D eigenvalue weighted by Gasteiger charge is 2.30. The number of nitrogens with one attached hydrogen (secondary N) is 2. The van der Waals surface area contributed by atoms with Crippen molar-refractivity contribution in [2.75, 3.05) is 24.4 Å². The number of alkyl halides is 3. The van der Waals surface area contributed by atoms with E-state index in [1.807, 2.05) is 6.07 Å². The molecule has 56 heavy (non-hydrogen) atoms. The van der Waals surface area contributed by atoms with Gasteiger partial charge in [-0.2, -0.15) is 22.8 Å². The van der Waals surface area contributed by atoms with Crippen LogP contribution in [0.1, 0.15) is 43.0 Å². The van der Waals surface area contributed by atoms with E-state index in [2.05, 4.69) is 24.4 Å². The zero-order chi connectivity index (χ0) is 39.9. The monoisotopic (exact) mass is 805 g/mol. The fourth-order valence-electron chi connectivity index (χ4n) is 6.07. The summed E-state index contributed by atoms with van der Waals surface area (Å²) in [6.07, 6.45) is -0.153. The summed E-state index contributed by atoms with van der Waals surface area (Å²) in [6.45, 7) is 3.13. The summed E-state index contributed by atoms with van der Waals surface area (Å²) in [6, 6.07) is 18.6. The number of hydrogen-bond acceptors (Lipinski definition) is 11. The third kappa shape index (κ3) is 9.97. The minimum Gasteiger partial charge on any atom is -0.455 e. The van der Waals surface area contributed by atoms with Crippen LogP contribution in [-0.4, -0.2) is 59.4 Å². The van der Waals surface area contributed by atoms with Crippen LogP contribution in [0.2, 0.25) is 0 Å². The highest BCUT2D eigenvalue weighted by Crippen LogP contribution is 2.39. The Morgan fingerprint density at radius 3 is 2.46 bits per heavy atom. The van der Waals surface area contributed by atoms with Crippen LogP contribution in [-0.2, 0) is 32.3 Å². The molecular weight excluding hydrogens is 772 g/mol. The summed E-state index contributed by atoms with van der Waals surface area (Å²) >= 11 is 0.837. The van der Waals surface area contributed by atoms with Gasteiger partial charge in [-0.3, -0.25) is 14.5 Å². The van der Waals surface area contributed by atoms with Gasteiger partial charge in [0.25, 0.3) is 10.0 Å². The Balaban J connectivity index is 1.23. The maximum Gasteiger partial charge on any atom is 0.416 e. The molecule has 0 saturated carbocycles. The molecule has 1 saturated heterocycles. The lowest BCUT2D eigenvalue weighted by Crippen LogP contribution is -2.37. The summed E-state index contributed by atoms with van der Waals surface area (Å²) in [4.78, 5) is 33.9. The van der Waals surface area contributed by atoms with E-state index in [0.29, 0.717) is 47.8 Å². The summed E-state index contributed by atoms with van der Waals surface area (Å²) in [5, 5.41) is 12.7. The van der Waals surface area contributed by atoms with E-state index in [1.54, 1.807) is 42.2 Å². The Morgan fingerprint density at radius 2 is 1.75 bits per heavy atom. The Kier molecular flexibility index (Phi) is 12.1. The van der Waals surface area contributed by atoms with Crippen LogP contribution in [0.3, 0.4) is 0 Å². The van der Waals surface area contributed by atoms with E-state index >= 15 is 0 Å². The Morgan fingerprint density at radius 1 is 0.982 bits per heavy atom. The van der Waals surface area contributed by atoms with Crippen molar-refractivity contribution in [3.8, 4) is 39.8 Å². The smallest absolute Gasteiger partial charge is 0.416 e. The van der Waals surface area contributed by atoms with Crippen molar-refractivity contribution >= 4 is 38.7 Å². The van der Waals surface area contributed by atoms with Gasteiger partial charge in [-0.25, -0.2) is 18.2 Å². The number of nitriles is 1. The second kappa shape index (κ2) is 17.2. The molecular formula is C38H34F3N7O6S2. The standard InChI is InChI=1S/C38H34F3N7O6S2/c1-24(49)48-14-10-25(11-15-48)12-16-53-37(50)44-22-31-18-28(9-13-43-31)33-20-27(26-3-2-4-30(17-26)38(39,40)41)5-7-35(33)54-34-8-6-32(19-29(34)21-42)56(51,52)47-36-45-23-46-55-36/h2-9,13,17-20,23,25H,10-12,14-16,22H2,1H3,(H,44,50)(H,45,46,47). The first-order chi connectivity index (χ1) is 26.8. The number of amides is 2. The molecule has 0 radical (unpaired) electrons. The zero-order valence-corrected chi connectivity index (χ0v) is 31.4. The van der Waals surface area contributed by atoms with Gasteiger partial charge < -0.3 is 19.7 Å². The number of pyridine rings is 1. The Bertz CT molecular complexity index is 2360. The molecule has 13 nitrogen and oxygen atoms in total. The van der Waals surface area contributed by atoms with Gasteiger partial charge >= 0.3 is 12.3 Å². The van der Waals surface area contributed by atoms with Gasteiger partial charge in [-0.1, -0.05) is 18.2 Å². The molecule has 1 aliphatic heterocycles. The van der Waals surface area contributed by atoms with E-state index in [1.165, 1.54) is 36.8 Å². The van der Waals surface area contributed by atoms with E-state index in [4.69, 9.17) is 9.47 Å². The molecule has 1 fully saturated rings. The molecule has 2 N–H and O–H groups in total. The summed E-state index contributed by atoms with van der Waals surface area (Å²) in [5.74, 6) is 0.604. The van der Waals surface area contributed by atoms with Crippen molar-refractivity contribution in [1.29, 1.82) is 5.26 Å². The van der Waals surface area contributed by atoms with Crippen molar-refractivity contribution in [3.63, 3.8) is 0 Å². The van der Waals surface area contributed by atoms with E-state index in [-0.39, 0.29) is 51.7 Å². The minimum absolute atomic E-state index is 0.00715. The van der Waals surface area contributed by atoms with E-state index in [0.717, 1.165) is 42.6 Å². The average Bonchev–Trinajstić information content (AvgIpc) is 3.70. The molecule has 0 unspecified atom stereocenters. The molecule has 6 rings (SSSR count). The molecule has 0 aliphatic carbocycles. The number of anilines is 1. The number of hydrogen-bond donors (Lipinski definition) is 2. The molecule has 2 amide bonds. The van der Waals surface area contributed by atoms with Crippen molar-refractivity contribution in [2.45, 2.75) is 43.8 Å². The molecule has 0 spiro atoms. The molecule has 0 atom stereocenters. The predicted molar refractivity (Wildman–Crippen MR) is 200 cm³/mol. The number of sulfonamides is 1. The van der Waals surface area contributed by atoms with Crippen LogP contribution in [0.25, 0.3) is 22.3 Å². The van der Waals surface area contributed by atoms with Crippen LogP contribution in [0.5, 0.6) is 11.5 Å². The summed E-state index contributed by atoms with van der Waals surface area (Å²) in [5.41, 5.74) is 1.12. The first kappa shape index (κ1) is 39.6. The number of halogens is 3. The number of rotatable bonds is 12. The normalized spacial score (nSPS) is 13.4. The van der Waals surface area contributed by atoms with Crippen molar-refractivity contribution in [1.82, 2.24) is 24.6 Å². The number of piperidine rings is 1. The molecule has 0 bridgehead atoms. The Hall–Kier alpha value is -6.06. The van der Waals surface area contributed by atoms with Crippen LogP contribution in [0.4, 0.5) is 23.1 Å². The highest BCUT2D eigenvalue weighted by atomic mass is 32.2. The number of alkyl carbamates (subject to hydrolysis) is 1. The maximum absolute atomic E-state index is 13.6. The second-order valence-electron chi connectivity index (χ2n) is 12.8. The highest BCUT2D eigenvalue weighted by molar-refractivity contribution is 7.93. The first-order valence-corrected chi connectivity index (χ1v) is 19.5.